The summed E-state index contributed by atoms with van der Waals surface area (Å²) in [7, 11) is 0. The zero-order valence-corrected chi connectivity index (χ0v) is 9.34. The van der Waals surface area contributed by atoms with Gasteiger partial charge in [0.25, 0.3) is 0 Å². The van der Waals surface area contributed by atoms with Crippen LogP contribution >= 0.6 is 0 Å². The molecule has 2 aliphatic rings. The molecule has 4 nitrogen and oxygen atoms in total. The Morgan fingerprint density at radius 1 is 1.00 bits per heavy atom. The van der Waals surface area contributed by atoms with Crippen molar-refractivity contribution in [1.29, 1.82) is 0 Å². The third kappa shape index (κ3) is 3.72. The van der Waals surface area contributed by atoms with E-state index in [4.69, 9.17) is 9.47 Å². The van der Waals surface area contributed by atoms with Crippen LogP contribution in [0.2, 0.25) is 0 Å². The fourth-order valence-corrected chi connectivity index (χ4v) is 2.17. The number of ether oxygens (including phenoxy) is 2. The van der Waals surface area contributed by atoms with Crippen molar-refractivity contribution in [3.05, 3.63) is 0 Å². The third-order valence-corrected chi connectivity index (χ3v) is 3.05. The Labute approximate surface area is 91.7 Å². The molecule has 0 aromatic heterocycles. The molecule has 4 heteroatoms. The van der Waals surface area contributed by atoms with Gasteiger partial charge < -0.3 is 20.1 Å². The Morgan fingerprint density at radius 2 is 1.93 bits per heavy atom. The molecule has 2 saturated heterocycles. The monoisotopic (exact) mass is 214 g/mol. The summed E-state index contributed by atoms with van der Waals surface area (Å²) in [5.74, 6) is 0. The molecule has 2 fully saturated rings. The van der Waals surface area contributed by atoms with E-state index in [2.05, 4.69) is 10.6 Å². The van der Waals surface area contributed by atoms with E-state index in [0.29, 0.717) is 12.1 Å². The van der Waals surface area contributed by atoms with Crippen LogP contribution in [0.3, 0.4) is 0 Å². The van der Waals surface area contributed by atoms with Crippen molar-refractivity contribution in [2.45, 2.75) is 31.4 Å². The van der Waals surface area contributed by atoms with Crippen LogP contribution in [0.1, 0.15) is 19.3 Å². The molecule has 15 heavy (non-hydrogen) atoms. The summed E-state index contributed by atoms with van der Waals surface area (Å²) in [6.07, 6.45) is 3.63. The Balaban J connectivity index is 1.82. The minimum Gasteiger partial charge on any atom is -0.380 e. The first-order chi connectivity index (χ1) is 7.47. The zero-order valence-electron chi connectivity index (χ0n) is 9.34. The summed E-state index contributed by atoms with van der Waals surface area (Å²) < 4.78 is 11.5. The lowest BCUT2D eigenvalue weighted by Gasteiger charge is -2.28. The molecule has 0 bridgehead atoms. The highest BCUT2D eigenvalue weighted by Gasteiger charge is 2.23. The van der Waals surface area contributed by atoms with Crippen LogP contribution in [0.5, 0.6) is 0 Å². The van der Waals surface area contributed by atoms with Gasteiger partial charge >= 0.3 is 0 Å². The van der Waals surface area contributed by atoms with Gasteiger partial charge in [-0.3, -0.25) is 0 Å². The fourth-order valence-electron chi connectivity index (χ4n) is 2.17. The van der Waals surface area contributed by atoms with E-state index >= 15 is 0 Å². The highest BCUT2D eigenvalue weighted by molar-refractivity contribution is 4.80. The first-order valence-electron chi connectivity index (χ1n) is 6.10. The third-order valence-electron chi connectivity index (χ3n) is 3.05. The Morgan fingerprint density at radius 3 is 2.93 bits per heavy atom. The van der Waals surface area contributed by atoms with Crippen molar-refractivity contribution < 1.29 is 9.47 Å². The average Bonchev–Trinajstić information content (AvgIpc) is 2.45. The molecule has 88 valence electrons. The summed E-state index contributed by atoms with van der Waals surface area (Å²) in [5, 5.41) is 6.95. The quantitative estimate of drug-likeness (QED) is 0.651. The van der Waals surface area contributed by atoms with Crippen molar-refractivity contribution >= 4 is 0 Å². The lowest BCUT2D eigenvalue weighted by atomic mass is 10.1. The highest BCUT2D eigenvalue weighted by Crippen LogP contribution is 2.09. The van der Waals surface area contributed by atoms with E-state index in [1.807, 2.05) is 0 Å². The van der Waals surface area contributed by atoms with Gasteiger partial charge in [0.2, 0.25) is 0 Å². The minimum absolute atomic E-state index is 0.316. The van der Waals surface area contributed by atoms with Crippen molar-refractivity contribution in [2.75, 3.05) is 39.5 Å². The molecule has 2 heterocycles. The van der Waals surface area contributed by atoms with Gasteiger partial charge in [0, 0.05) is 13.2 Å². The van der Waals surface area contributed by atoms with Crippen molar-refractivity contribution in [2.24, 2.45) is 0 Å². The SMILES string of the molecule is C1CNC(C2CCNCCCO2)COC1. The molecule has 0 saturated carbocycles. The van der Waals surface area contributed by atoms with Gasteiger partial charge in [0.15, 0.2) is 0 Å². The Bertz CT molecular complexity index is 162. The van der Waals surface area contributed by atoms with Gasteiger partial charge in [0.1, 0.15) is 0 Å². The maximum Gasteiger partial charge on any atom is 0.0762 e. The molecule has 0 aliphatic carbocycles. The first kappa shape index (κ1) is 11.3. The fraction of sp³-hybridized carbons (Fsp3) is 1.00. The van der Waals surface area contributed by atoms with Gasteiger partial charge in [-0.15, -0.1) is 0 Å². The standard InChI is InChI=1S/C11H22N2O2/c1-4-12-6-3-11(15-8-1)10-9-14-7-2-5-13-10/h10-13H,1-9H2. The largest absolute Gasteiger partial charge is 0.380 e. The Hall–Kier alpha value is -0.160. The lowest BCUT2D eigenvalue weighted by Crippen LogP contribution is -2.46. The lowest BCUT2D eigenvalue weighted by molar-refractivity contribution is -0.00622. The number of hydrogen-bond acceptors (Lipinski definition) is 4. The van der Waals surface area contributed by atoms with Crippen LogP contribution in [-0.4, -0.2) is 51.6 Å². The molecule has 0 aromatic carbocycles. The van der Waals surface area contributed by atoms with Crippen LogP contribution in [0.15, 0.2) is 0 Å². The maximum atomic E-state index is 5.90. The number of rotatable bonds is 1. The second-order valence-corrected chi connectivity index (χ2v) is 4.29. The van der Waals surface area contributed by atoms with Crippen LogP contribution in [0, 0.1) is 0 Å². The van der Waals surface area contributed by atoms with Gasteiger partial charge in [-0.2, -0.15) is 0 Å². The molecule has 0 amide bonds. The topological polar surface area (TPSA) is 42.5 Å². The van der Waals surface area contributed by atoms with Crippen LogP contribution in [-0.2, 0) is 9.47 Å². The maximum absolute atomic E-state index is 5.90. The highest BCUT2D eigenvalue weighted by atomic mass is 16.5. The molecule has 2 N–H and O–H groups in total. The molecule has 0 spiro atoms. The second-order valence-electron chi connectivity index (χ2n) is 4.29. The number of nitrogens with one attached hydrogen (secondary N) is 2. The van der Waals surface area contributed by atoms with Crippen LogP contribution in [0.25, 0.3) is 0 Å². The van der Waals surface area contributed by atoms with Crippen molar-refractivity contribution in [3.8, 4) is 0 Å². The molecule has 2 unspecified atom stereocenters. The molecule has 2 rings (SSSR count). The van der Waals surface area contributed by atoms with Gasteiger partial charge in [0.05, 0.1) is 18.8 Å². The predicted octanol–water partition coefficient (Wildman–Crippen LogP) is 0.134. The summed E-state index contributed by atoms with van der Waals surface area (Å²) >= 11 is 0. The molecule has 2 aliphatic heterocycles. The molecule has 2 atom stereocenters. The second kappa shape index (κ2) is 6.43. The zero-order chi connectivity index (χ0) is 10.3. The summed E-state index contributed by atoms with van der Waals surface area (Å²) in [6.45, 7) is 5.75. The van der Waals surface area contributed by atoms with E-state index in [-0.39, 0.29) is 0 Å². The van der Waals surface area contributed by atoms with Crippen LogP contribution in [0.4, 0.5) is 0 Å². The van der Waals surface area contributed by atoms with Gasteiger partial charge in [-0.25, -0.2) is 0 Å². The normalized spacial score (nSPS) is 35.2. The Kier molecular flexibility index (Phi) is 4.86. The van der Waals surface area contributed by atoms with Crippen molar-refractivity contribution in [1.82, 2.24) is 10.6 Å². The summed E-state index contributed by atoms with van der Waals surface area (Å²) in [5.41, 5.74) is 0. The molecule has 0 radical (unpaired) electrons. The van der Waals surface area contributed by atoms with Gasteiger partial charge in [-0.05, 0) is 38.9 Å². The average molecular weight is 214 g/mol. The summed E-state index contributed by atoms with van der Waals surface area (Å²) in [6, 6.07) is 0.382. The van der Waals surface area contributed by atoms with Crippen LogP contribution < -0.4 is 10.6 Å². The summed E-state index contributed by atoms with van der Waals surface area (Å²) in [4.78, 5) is 0. The first-order valence-corrected chi connectivity index (χ1v) is 6.10. The van der Waals surface area contributed by atoms with Crippen molar-refractivity contribution in [3.63, 3.8) is 0 Å². The number of hydrogen-bond donors (Lipinski definition) is 2. The predicted molar refractivity (Wildman–Crippen MR) is 59.1 cm³/mol. The van der Waals surface area contributed by atoms with E-state index in [0.717, 1.165) is 58.7 Å². The molecule has 0 aromatic rings. The van der Waals surface area contributed by atoms with E-state index < -0.39 is 0 Å². The molecular formula is C11H22N2O2. The van der Waals surface area contributed by atoms with E-state index in [1.54, 1.807) is 0 Å². The van der Waals surface area contributed by atoms with E-state index in [9.17, 15) is 0 Å². The van der Waals surface area contributed by atoms with E-state index in [1.165, 1.54) is 0 Å². The van der Waals surface area contributed by atoms with Gasteiger partial charge in [-0.1, -0.05) is 0 Å². The molecular weight excluding hydrogens is 192 g/mol. The minimum atomic E-state index is 0.316. The smallest absolute Gasteiger partial charge is 0.0762 e.